The van der Waals surface area contributed by atoms with Gasteiger partial charge in [0.05, 0.1) is 16.2 Å². The van der Waals surface area contributed by atoms with Crippen LogP contribution in [0, 0.1) is 17.0 Å². The topological polar surface area (TPSA) is 122 Å². The van der Waals surface area contributed by atoms with Gasteiger partial charge in [-0.25, -0.2) is 4.79 Å². The summed E-state index contributed by atoms with van der Waals surface area (Å²) in [5, 5.41) is 23.0. The van der Waals surface area contributed by atoms with Crippen molar-refractivity contribution in [2.24, 2.45) is 0 Å². The maximum atomic E-state index is 12.5. The Bertz CT molecular complexity index is 636. The molecule has 8 nitrogen and oxygen atoms in total. The molecule has 0 saturated heterocycles. The third-order valence-corrected chi connectivity index (χ3v) is 4.25. The lowest BCUT2D eigenvalue weighted by Gasteiger charge is -2.29. The van der Waals surface area contributed by atoms with Crippen LogP contribution in [-0.2, 0) is 4.79 Å². The molecular weight excluding hydrogens is 302 g/mol. The molecule has 8 heteroatoms. The van der Waals surface area contributed by atoms with E-state index in [-0.39, 0.29) is 11.3 Å². The molecule has 0 aliphatic heterocycles. The molecule has 1 aliphatic rings. The van der Waals surface area contributed by atoms with Crippen molar-refractivity contribution >= 4 is 17.6 Å². The van der Waals surface area contributed by atoms with Gasteiger partial charge in [-0.15, -0.1) is 0 Å². The quantitative estimate of drug-likeness (QED) is 0.498. The maximum absolute atomic E-state index is 12.5. The van der Waals surface area contributed by atoms with Crippen molar-refractivity contribution in [2.75, 3.05) is 0 Å². The summed E-state index contributed by atoms with van der Waals surface area (Å²) in [6.07, 6.45) is 5.10. The molecule has 2 N–H and O–H groups in total. The first kappa shape index (κ1) is 16.9. The van der Waals surface area contributed by atoms with Crippen LogP contribution in [0.3, 0.4) is 0 Å². The number of aliphatic carboxylic acids is 1. The van der Waals surface area contributed by atoms with Gasteiger partial charge in [-0.3, -0.25) is 19.9 Å². The highest BCUT2D eigenvalue weighted by molar-refractivity contribution is 5.99. The van der Waals surface area contributed by atoms with Crippen molar-refractivity contribution in [1.82, 2.24) is 10.3 Å². The Morgan fingerprint density at radius 1 is 1.30 bits per heavy atom. The molecule has 124 valence electrons. The zero-order chi connectivity index (χ0) is 17.0. The average molecular weight is 321 g/mol. The van der Waals surface area contributed by atoms with Gasteiger partial charge in [-0.1, -0.05) is 25.7 Å². The van der Waals surface area contributed by atoms with Crippen LogP contribution in [0.5, 0.6) is 0 Å². The second kappa shape index (κ2) is 6.72. The predicted octanol–water partition coefficient (Wildman–Crippen LogP) is 2.21. The van der Waals surface area contributed by atoms with E-state index < -0.39 is 22.3 Å². The highest BCUT2D eigenvalue weighted by Crippen LogP contribution is 2.28. The van der Waals surface area contributed by atoms with Crippen molar-refractivity contribution in [1.29, 1.82) is 0 Å². The van der Waals surface area contributed by atoms with Gasteiger partial charge in [0.1, 0.15) is 11.7 Å². The number of nitrogens with one attached hydrogen (secondary N) is 1. The summed E-state index contributed by atoms with van der Waals surface area (Å²) in [5.74, 6) is -1.70. The van der Waals surface area contributed by atoms with E-state index in [0.29, 0.717) is 18.5 Å². The summed E-state index contributed by atoms with van der Waals surface area (Å²) in [7, 11) is 0. The molecule has 1 aromatic rings. The normalized spacial score (nSPS) is 17.1. The minimum atomic E-state index is -1.31. The molecule has 0 unspecified atom stereocenters. The third-order valence-electron chi connectivity index (χ3n) is 4.25. The van der Waals surface area contributed by atoms with Crippen molar-refractivity contribution in [3.05, 3.63) is 33.6 Å². The predicted molar refractivity (Wildman–Crippen MR) is 81.2 cm³/mol. The minimum absolute atomic E-state index is 0.0315. The van der Waals surface area contributed by atoms with Crippen LogP contribution in [0.4, 0.5) is 5.69 Å². The third kappa shape index (κ3) is 3.64. The molecule has 0 spiro atoms. The number of carbonyl (C=O) groups excluding carboxylic acids is 1. The fourth-order valence-electron chi connectivity index (χ4n) is 2.86. The molecule has 1 amide bonds. The van der Waals surface area contributed by atoms with Crippen LogP contribution < -0.4 is 5.32 Å². The van der Waals surface area contributed by atoms with E-state index in [0.717, 1.165) is 37.9 Å². The zero-order valence-electron chi connectivity index (χ0n) is 12.9. The molecule has 1 fully saturated rings. The molecule has 23 heavy (non-hydrogen) atoms. The van der Waals surface area contributed by atoms with Crippen LogP contribution in [0.2, 0.25) is 0 Å². The van der Waals surface area contributed by atoms with Crippen LogP contribution in [0.25, 0.3) is 0 Å². The number of nitrogens with zero attached hydrogens (tertiary/aromatic N) is 2. The van der Waals surface area contributed by atoms with E-state index in [1.165, 1.54) is 0 Å². The number of nitro groups is 1. The SMILES string of the molecule is Cc1ncc([N+](=O)[O-])cc1C(=O)NC1(C(=O)O)CCCCCC1. The van der Waals surface area contributed by atoms with E-state index in [9.17, 15) is 24.8 Å². The van der Waals surface area contributed by atoms with Gasteiger partial charge in [0, 0.05) is 6.07 Å². The Hall–Kier alpha value is -2.51. The number of carboxylic acids is 1. The van der Waals surface area contributed by atoms with Crippen LogP contribution >= 0.6 is 0 Å². The van der Waals surface area contributed by atoms with Gasteiger partial charge in [0.25, 0.3) is 11.6 Å². The first-order valence-corrected chi connectivity index (χ1v) is 7.53. The number of pyridine rings is 1. The first-order chi connectivity index (χ1) is 10.9. The summed E-state index contributed by atoms with van der Waals surface area (Å²) in [6, 6.07) is 1.13. The Morgan fingerprint density at radius 2 is 1.91 bits per heavy atom. The molecule has 1 saturated carbocycles. The molecule has 1 aromatic heterocycles. The second-order valence-electron chi connectivity index (χ2n) is 5.84. The summed E-state index contributed by atoms with van der Waals surface area (Å²) in [6.45, 7) is 1.55. The summed E-state index contributed by atoms with van der Waals surface area (Å²) in [4.78, 5) is 38.3. The van der Waals surface area contributed by atoms with E-state index in [1.54, 1.807) is 6.92 Å². The number of aryl methyl sites for hydroxylation is 1. The number of amides is 1. The number of carbonyl (C=O) groups is 2. The van der Waals surface area contributed by atoms with E-state index in [2.05, 4.69) is 10.3 Å². The molecule has 0 aromatic carbocycles. The molecular formula is C15H19N3O5. The number of carboxylic acid groups (broad SMARTS) is 1. The van der Waals surface area contributed by atoms with Gasteiger partial charge in [-0.2, -0.15) is 0 Å². The van der Waals surface area contributed by atoms with Gasteiger partial charge >= 0.3 is 5.97 Å². The monoisotopic (exact) mass is 321 g/mol. The van der Waals surface area contributed by atoms with Gasteiger partial charge < -0.3 is 10.4 Å². The highest BCUT2D eigenvalue weighted by Gasteiger charge is 2.40. The molecule has 1 heterocycles. The second-order valence-corrected chi connectivity index (χ2v) is 5.84. The molecule has 0 atom stereocenters. The lowest BCUT2D eigenvalue weighted by molar-refractivity contribution is -0.385. The Labute approximate surface area is 133 Å². The molecule has 1 aliphatic carbocycles. The van der Waals surface area contributed by atoms with Crippen molar-refractivity contribution in [3.63, 3.8) is 0 Å². The first-order valence-electron chi connectivity index (χ1n) is 7.53. The van der Waals surface area contributed by atoms with E-state index in [4.69, 9.17) is 0 Å². The van der Waals surface area contributed by atoms with Crippen molar-refractivity contribution in [2.45, 2.75) is 51.0 Å². The number of hydrogen-bond donors (Lipinski definition) is 2. The summed E-state index contributed by atoms with van der Waals surface area (Å²) in [5.41, 5.74) is -1.26. The van der Waals surface area contributed by atoms with Crippen LogP contribution in [-0.4, -0.2) is 32.4 Å². The number of hydrogen-bond acceptors (Lipinski definition) is 5. The van der Waals surface area contributed by atoms with Gasteiger partial charge in [0.2, 0.25) is 0 Å². The number of rotatable bonds is 4. The smallest absolute Gasteiger partial charge is 0.329 e. The summed E-state index contributed by atoms with van der Waals surface area (Å²) < 4.78 is 0. The average Bonchev–Trinajstić information content (AvgIpc) is 2.74. The van der Waals surface area contributed by atoms with Gasteiger partial charge in [0.15, 0.2) is 0 Å². The zero-order valence-corrected chi connectivity index (χ0v) is 12.9. The fourth-order valence-corrected chi connectivity index (χ4v) is 2.86. The maximum Gasteiger partial charge on any atom is 0.329 e. The minimum Gasteiger partial charge on any atom is -0.480 e. The van der Waals surface area contributed by atoms with Crippen LogP contribution in [0.15, 0.2) is 12.3 Å². The Kier molecular flexibility index (Phi) is 4.92. The van der Waals surface area contributed by atoms with E-state index >= 15 is 0 Å². The highest BCUT2D eigenvalue weighted by atomic mass is 16.6. The Balaban J connectivity index is 2.30. The molecule has 0 radical (unpaired) electrons. The standard InChI is InChI=1S/C15H19N3O5/c1-10-12(8-11(9-16-10)18(22)23)13(19)17-15(14(20)21)6-4-2-3-5-7-15/h8-9H,2-7H2,1H3,(H,17,19)(H,20,21). The fraction of sp³-hybridized carbons (Fsp3) is 0.533. The molecule has 0 bridgehead atoms. The summed E-state index contributed by atoms with van der Waals surface area (Å²) >= 11 is 0. The van der Waals surface area contributed by atoms with Crippen LogP contribution in [0.1, 0.15) is 54.6 Å². The van der Waals surface area contributed by atoms with E-state index in [1.807, 2.05) is 0 Å². The van der Waals surface area contributed by atoms with Gasteiger partial charge in [-0.05, 0) is 19.8 Å². The number of aromatic nitrogens is 1. The largest absolute Gasteiger partial charge is 0.480 e. The molecule has 2 rings (SSSR count). The lowest BCUT2D eigenvalue weighted by atomic mass is 9.89. The van der Waals surface area contributed by atoms with Crippen molar-refractivity contribution < 1.29 is 19.6 Å². The van der Waals surface area contributed by atoms with Crippen molar-refractivity contribution in [3.8, 4) is 0 Å². The lowest BCUT2D eigenvalue weighted by Crippen LogP contribution is -2.54. The Morgan fingerprint density at radius 3 is 2.43 bits per heavy atom.